The summed E-state index contributed by atoms with van der Waals surface area (Å²) < 4.78 is 5.16. The van der Waals surface area contributed by atoms with Gasteiger partial charge in [0.15, 0.2) is 5.78 Å². The molecule has 5 nitrogen and oxygen atoms in total. The van der Waals surface area contributed by atoms with E-state index in [-0.39, 0.29) is 19.8 Å². The summed E-state index contributed by atoms with van der Waals surface area (Å²) in [5.41, 5.74) is 5.24. The maximum atomic E-state index is 11.1. The molecule has 0 spiro atoms. The third-order valence-electron chi connectivity index (χ3n) is 4.07. The lowest BCUT2D eigenvalue weighted by Crippen LogP contribution is -2.21. The van der Waals surface area contributed by atoms with Crippen LogP contribution in [-0.4, -0.2) is 28.1 Å². The predicted octanol–water partition coefficient (Wildman–Crippen LogP) is 2.98. The summed E-state index contributed by atoms with van der Waals surface area (Å²) in [6.07, 6.45) is 4.40. The lowest BCUT2D eigenvalue weighted by Gasteiger charge is -2.14. The fourth-order valence-corrected chi connectivity index (χ4v) is 2.82. The van der Waals surface area contributed by atoms with Gasteiger partial charge in [-0.05, 0) is 37.5 Å². The molecule has 25 heavy (non-hydrogen) atoms. The van der Waals surface area contributed by atoms with E-state index in [1.165, 1.54) is 11.1 Å². The molecule has 1 aliphatic heterocycles. The topological polar surface area (TPSA) is 69.2 Å². The van der Waals surface area contributed by atoms with Gasteiger partial charge in [0.1, 0.15) is 12.4 Å². The third-order valence-corrected chi connectivity index (χ3v) is 4.07. The number of ketones is 2. The Hall–Kier alpha value is -2.56. The van der Waals surface area contributed by atoms with Gasteiger partial charge in [-0.3, -0.25) is 14.6 Å². The van der Waals surface area contributed by atoms with Gasteiger partial charge in [0.25, 0.3) is 0 Å². The molecule has 5 heteroatoms. The van der Waals surface area contributed by atoms with Crippen LogP contribution in [0.3, 0.4) is 0 Å². The number of aryl methyl sites for hydroxylation is 3. The highest BCUT2D eigenvalue weighted by Crippen LogP contribution is 2.20. The van der Waals surface area contributed by atoms with Crippen LogP contribution in [0.15, 0.2) is 24.4 Å². The van der Waals surface area contributed by atoms with Crippen LogP contribution in [-0.2, 0) is 28.9 Å². The Morgan fingerprint density at radius 1 is 1.00 bits per heavy atom. The van der Waals surface area contributed by atoms with E-state index in [1.807, 2.05) is 32.2 Å². The molecule has 0 bridgehead atoms. The van der Waals surface area contributed by atoms with Crippen molar-refractivity contribution in [2.24, 2.45) is 0 Å². The second-order valence-electron chi connectivity index (χ2n) is 6.25. The van der Waals surface area contributed by atoms with Crippen molar-refractivity contribution in [1.82, 2.24) is 9.97 Å². The number of fused-ring (bicyclic) bond motifs is 2. The molecule has 0 unspecified atom stereocenters. The number of rotatable bonds is 0. The lowest BCUT2D eigenvalue weighted by molar-refractivity contribution is -0.121. The van der Waals surface area contributed by atoms with Crippen LogP contribution in [0.5, 0.6) is 5.88 Å². The number of aromatic nitrogens is 2. The van der Waals surface area contributed by atoms with Gasteiger partial charge in [-0.2, -0.15) is 0 Å². The first kappa shape index (κ1) is 18.8. The first-order chi connectivity index (χ1) is 11.5. The fraction of sp³-hybridized carbons (Fsp3) is 0.400. The minimum Gasteiger partial charge on any atom is -0.469 e. The van der Waals surface area contributed by atoms with E-state index >= 15 is 0 Å². The summed E-state index contributed by atoms with van der Waals surface area (Å²) in [6, 6.07) is 5.92. The molecule has 0 atom stereocenters. The third kappa shape index (κ3) is 4.72. The summed E-state index contributed by atoms with van der Waals surface area (Å²) in [5.74, 6) is 1.06. The Balaban J connectivity index is 0.000000173. The Morgan fingerprint density at radius 3 is 2.60 bits per heavy atom. The molecule has 0 radical (unpaired) electrons. The molecule has 0 saturated carbocycles. The Morgan fingerprint density at radius 2 is 1.80 bits per heavy atom. The molecule has 0 saturated heterocycles. The Bertz CT molecular complexity index is 732. The van der Waals surface area contributed by atoms with Crippen LogP contribution < -0.4 is 4.74 Å². The van der Waals surface area contributed by atoms with Crippen molar-refractivity contribution in [2.45, 2.75) is 47.0 Å². The zero-order chi connectivity index (χ0) is 17.1. The lowest BCUT2D eigenvalue weighted by atomic mass is 9.94. The van der Waals surface area contributed by atoms with Crippen LogP contribution in [0, 0.1) is 13.8 Å². The van der Waals surface area contributed by atoms with E-state index in [2.05, 4.69) is 16.0 Å². The summed E-state index contributed by atoms with van der Waals surface area (Å²) in [5, 5.41) is 0. The van der Waals surface area contributed by atoms with Crippen LogP contribution in [0.2, 0.25) is 0 Å². The van der Waals surface area contributed by atoms with Gasteiger partial charge < -0.3 is 4.74 Å². The average molecular weight is 340 g/mol. The van der Waals surface area contributed by atoms with Gasteiger partial charge in [0.05, 0.1) is 5.69 Å². The zero-order valence-corrected chi connectivity index (χ0v) is 14.0. The number of carbonyl (C=O) groups excluding carboxylic acids is 2. The van der Waals surface area contributed by atoms with Crippen LogP contribution in [0.4, 0.5) is 0 Å². The molecule has 0 amide bonds. The normalized spacial score (nSPS) is 15.0. The molecular weight excluding hydrogens is 316 g/mol. The van der Waals surface area contributed by atoms with Gasteiger partial charge in [-0.25, -0.2) is 4.98 Å². The van der Waals surface area contributed by atoms with Gasteiger partial charge in [0, 0.05) is 36.7 Å². The number of hydrogen-bond donors (Lipinski definition) is 0. The highest BCUT2D eigenvalue weighted by Gasteiger charge is 2.17. The SMILES string of the molecule is C.Cc1ccc2c(n1)OCC(=O)C2.Cc1cnc2c(c1)CCC(=O)C2. The molecule has 2 aliphatic rings. The number of pyridine rings is 2. The van der Waals surface area contributed by atoms with Crippen molar-refractivity contribution in [1.29, 1.82) is 0 Å². The largest absolute Gasteiger partial charge is 0.469 e. The maximum Gasteiger partial charge on any atom is 0.217 e. The van der Waals surface area contributed by atoms with Crippen LogP contribution in [0.25, 0.3) is 0 Å². The summed E-state index contributed by atoms with van der Waals surface area (Å²) in [7, 11) is 0. The molecule has 3 heterocycles. The molecule has 0 fully saturated rings. The molecule has 4 rings (SSSR count). The van der Waals surface area contributed by atoms with Gasteiger partial charge in [0.2, 0.25) is 5.88 Å². The Kier molecular flexibility index (Phi) is 6.02. The van der Waals surface area contributed by atoms with Gasteiger partial charge >= 0.3 is 0 Å². The van der Waals surface area contributed by atoms with Crippen molar-refractivity contribution in [3.05, 3.63) is 52.5 Å². The highest BCUT2D eigenvalue weighted by molar-refractivity contribution is 5.84. The molecule has 0 N–H and O–H groups in total. The second-order valence-corrected chi connectivity index (χ2v) is 6.25. The average Bonchev–Trinajstić information content (AvgIpc) is 2.56. The minimum atomic E-state index is 0. The number of nitrogens with zero attached hydrogens (tertiary/aromatic N) is 2. The van der Waals surface area contributed by atoms with Crippen molar-refractivity contribution in [3.63, 3.8) is 0 Å². The van der Waals surface area contributed by atoms with E-state index in [0.717, 1.165) is 23.4 Å². The number of Topliss-reactive ketones (excluding diaryl/α,β-unsaturated/α-hetero) is 2. The molecule has 1 aliphatic carbocycles. The smallest absolute Gasteiger partial charge is 0.217 e. The molecule has 2 aromatic heterocycles. The maximum absolute atomic E-state index is 11.1. The Labute approximate surface area is 148 Å². The first-order valence-electron chi connectivity index (χ1n) is 8.08. The van der Waals surface area contributed by atoms with E-state index < -0.39 is 0 Å². The van der Waals surface area contributed by atoms with E-state index in [1.54, 1.807) is 0 Å². The zero-order valence-electron chi connectivity index (χ0n) is 14.0. The molecular formula is C20H24N2O3. The standard InChI is InChI=1S/C10H11NO.C9H9NO2.CH4/c1-7-4-8-2-3-9(12)5-10(8)11-6-7;1-6-2-3-7-4-8(11)5-12-9(7)10-6;/h4,6H,2-3,5H2,1H3;2-3H,4-5H2,1H3;1H4. The van der Waals surface area contributed by atoms with Crippen LogP contribution in [0.1, 0.15) is 41.9 Å². The van der Waals surface area contributed by atoms with Crippen molar-refractivity contribution >= 4 is 11.6 Å². The van der Waals surface area contributed by atoms with Gasteiger partial charge in [-0.15, -0.1) is 0 Å². The second kappa shape index (κ2) is 8.01. The molecule has 132 valence electrons. The van der Waals surface area contributed by atoms with Crippen molar-refractivity contribution in [3.8, 4) is 5.88 Å². The number of ether oxygens (including phenoxy) is 1. The minimum absolute atomic E-state index is 0. The molecule has 0 aromatic carbocycles. The summed E-state index contributed by atoms with van der Waals surface area (Å²) in [4.78, 5) is 30.5. The van der Waals surface area contributed by atoms with E-state index in [0.29, 0.717) is 30.9 Å². The molecule has 2 aromatic rings. The number of hydrogen-bond acceptors (Lipinski definition) is 5. The summed E-state index contributed by atoms with van der Waals surface area (Å²) >= 11 is 0. The van der Waals surface area contributed by atoms with Crippen LogP contribution >= 0.6 is 0 Å². The highest BCUT2D eigenvalue weighted by atomic mass is 16.5. The van der Waals surface area contributed by atoms with Crippen molar-refractivity contribution in [2.75, 3.05) is 6.61 Å². The van der Waals surface area contributed by atoms with Crippen molar-refractivity contribution < 1.29 is 14.3 Å². The van der Waals surface area contributed by atoms with E-state index in [4.69, 9.17) is 4.74 Å². The van der Waals surface area contributed by atoms with E-state index in [9.17, 15) is 9.59 Å². The first-order valence-corrected chi connectivity index (χ1v) is 8.08. The summed E-state index contributed by atoms with van der Waals surface area (Å²) in [6.45, 7) is 4.10. The quantitative estimate of drug-likeness (QED) is 0.737. The monoisotopic (exact) mass is 340 g/mol. The predicted molar refractivity (Wildman–Crippen MR) is 95.9 cm³/mol. The number of carbonyl (C=O) groups is 2. The fourth-order valence-electron chi connectivity index (χ4n) is 2.82. The van der Waals surface area contributed by atoms with Gasteiger partial charge in [-0.1, -0.05) is 19.6 Å².